The van der Waals surface area contributed by atoms with Crippen LogP contribution in [0.2, 0.25) is 0 Å². The highest BCUT2D eigenvalue weighted by Gasteiger charge is 2.09. The average molecular weight is 225 g/mol. The van der Waals surface area contributed by atoms with Crippen molar-refractivity contribution in [2.45, 2.75) is 32.9 Å². The Labute approximate surface area is 97.6 Å². The molecule has 1 unspecified atom stereocenters. The van der Waals surface area contributed by atoms with Gasteiger partial charge < -0.3 is 10.6 Å². The van der Waals surface area contributed by atoms with Crippen LogP contribution in [-0.2, 0) is 13.6 Å². The molecule has 0 aliphatic heterocycles. The van der Waals surface area contributed by atoms with Gasteiger partial charge in [0.05, 0.1) is 5.69 Å². The van der Waals surface area contributed by atoms with Gasteiger partial charge in [0.15, 0.2) is 0 Å². The van der Waals surface area contributed by atoms with Gasteiger partial charge in [0, 0.05) is 25.8 Å². The smallest absolute Gasteiger partial charge is 0.0966 e. The van der Waals surface area contributed by atoms with Crippen LogP contribution in [0.3, 0.4) is 0 Å². The molecule has 1 aromatic heterocycles. The summed E-state index contributed by atoms with van der Waals surface area (Å²) in [5.74, 6) is 0.546. The zero-order valence-corrected chi connectivity index (χ0v) is 10.7. The van der Waals surface area contributed by atoms with Crippen molar-refractivity contribution in [2.24, 2.45) is 18.7 Å². The Morgan fingerprint density at radius 2 is 2.19 bits per heavy atom. The quantitative estimate of drug-likeness (QED) is 0.771. The van der Waals surface area contributed by atoms with Crippen molar-refractivity contribution in [3.8, 4) is 0 Å². The molecule has 0 aromatic carbocycles. The predicted octanol–water partition coefficient (Wildman–Crippen LogP) is 0.620. The summed E-state index contributed by atoms with van der Waals surface area (Å²) in [4.78, 5) is 2.23. The highest BCUT2D eigenvalue weighted by molar-refractivity contribution is 4.91. The van der Waals surface area contributed by atoms with Crippen LogP contribution in [-0.4, -0.2) is 39.5 Å². The van der Waals surface area contributed by atoms with Crippen LogP contribution in [0, 0.1) is 5.92 Å². The molecule has 2 N–H and O–H groups in total. The molecule has 0 amide bonds. The Morgan fingerprint density at radius 1 is 1.50 bits per heavy atom. The number of rotatable bonds is 6. The van der Waals surface area contributed by atoms with E-state index in [0.717, 1.165) is 25.2 Å². The second kappa shape index (κ2) is 5.96. The maximum absolute atomic E-state index is 6.00. The van der Waals surface area contributed by atoms with E-state index in [1.165, 1.54) is 0 Å². The van der Waals surface area contributed by atoms with Crippen molar-refractivity contribution in [3.05, 3.63) is 11.9 Å². The van der Waals surface area contributed by atoms with E-state index in [-0.39, 0.29) is 6.04 Å². The number of nitrogens with two attached hydrogens (primary N) is 1. The first-order chi connectivity index (χ1) is 7.49. The van der Waals surface area contributed by atoms with Gasteiger partial charge in [0.25, 0.3) is 0 Å². The molecule has 0 saturated heterocycles. The first-order valence-corrected chi connectivity index (χ1v) is 5.78. The van der Waals surface area contributed by atoms with Gasteiger partial charge in [0.2, 0.25) is 0 Å². The van der Waals surface area contributed by atoms with Crippen molar-refractivity contribution in [1.82, 2.24) is 19.9 Å². The van der Waals surface area contributed by atoms with Crippen molar-refractivity contribution >= 4 is 0 Å². The summed E-state index contributed by atoms with van der Waals surface area (Å²) in [5.41, 5.74) is 7.01. The lowest BCUT2D eigenvalue weighted by Crippen LogP contribution is -2.31. The van der Waals surface area contributed by atoms with E-state index < -0.39 is 0 Å². The lowest BCUT2D eigenvalue weighted by molar-refractivity contribution is 0.293. The SMILES string of the molecule is CC(C)C(N)CCN(C)Cc1cn(C)nn1. The number of nitrogens with zero attached hydrogens (tertiary/aromatic N) is 4. The summed E-state index contributed by atoms with van der Waals surface area (Å²) in [6, 6.07) is 0.282. The molecule has 0 bridgehead atoms. The molecule has 1 aromatic rings. The van der Waals surface area contributed by atoms with E-state index in [4.69, 9.17) is 5.73 Å². The molecule has 0 radical (unpaired) electrons. The minimum atomic E-state index is 0.282. The van der Waals surface area contributed by atoms with E-state index in [9.17, 15) is 0 Å². The average Bonchev–Trinajstić information content (AvgIpc) is 2.60. The lowest BCUT2D eigenvalue weighted by atomic mass is 10.0. The summed E-state index contributed by atoms with van der Waals surface area (Å²) in [7, 11) is 3.97. The van der Waals surface area contributed by atoms with E-state index in [2.05, 4.69) is 36.1 Å². The third-order valence-electron chi connectivity index (χ3n) is 2.78. The third-order valence-corrected chi connectivity index (χ3v) is 2.78. The van der Waals surface area contributed by atoms with Crippen molar-refractivity contribution in [2.75, 3.05) is 13.6 Å². The zero-order chi connectivity index (χ0) is 12.1. The standard InChI is InChI=1S/C11H23N5/c1-9(2)11(12)5-6-15(3)7-10-8-16(4)14-13-10/h8-9,11H,5-7,12H2,1-4H3. The zero-order valence-electron chi connectivity index (χ0n) is 10.7. The summed E-state index contributed by atoms with van der Waals surface area (Å²) >= 11 is 0. The monoisotopic (exact) mass is 225 g/mol. The van der Waals surface area contributed by atoms with Crippen LogP contribution in [0.5, 0.6) is 0 Å². The Morgan fingerprint density at radius 3 is 2.69 bits per heavy atom. The predicted molar refractivity (Wildman–Crippen MR) is 64.8 cm³/mol. The summed E-state index contributed by atoms with van der Waals surface area (Å²) < 4.78 is 1.73. The molecule has 0 saturated carbocycles. The van der Waals surface area contributed by atoms with Gasteiger partial charge in [0.1, 0.15) is 0 Å². The maximum Gasteiger partial charge on any atom is 0.0966 e. The summed E-state index contributed by atoms with van der Waals surface area (Å²) in [6.07, 6.45) is 2.97. The number of hydrogen-bond acceptors (Lipinski definition) is 4. The maximum atomic E-state index is 6.00. The van der Waals surface area contributed by atoms with Crippen molar-refractivity contribution in [3.63, 3.8) is 0 Å². The first-order valence-electron chi connectivity index (χ1n) is 5.78. The molecule has 0 fully saturated rings. The summed E-state index contributed by atoms with van der Waals surface area (Å²) in [5, 5.41) is 7.97. The molecule has 0 spiro atoms. The molecular weight excluding hydrogens is 202 g/mol. The second-order valence-electron chi connectivity index (χ2n) is 4.82. The molecule has 1 heterocycles. The third kappa shape index (κ3) is 4.28. The molecule has 16 heavy (non-hydrogen) atoms. The second-order valence-corrected chi connectivity index (χ2v) is 4.82. The van der Waals surface area contributed by atoms with Gasteiger partial charge in [-0.3, -0.25) is 4.68 Å². The Balaban J connectivity index is 2.28. The van der Waals surface area contributed by atoms with Crippen molar-refractivity contribution in [1.29, 1.82) is 0 Å². The summed E-state index contributed by atoms with van der Waals surface area (Å²) in [6.45, 7) is 6.15. The lowest BCUT2D eigenvalue weighted by Gasteiger charge is -2.20. The Kier molecular flexibility index (Phi) is 4.89. The minimum absolute atomic E-state index is 0.282. The van der Waals surface area contributed by atoms with Crippen LogP contribution in [0.4, 0.5) is 0 Å². The van der Waals surface area contributed by atoms with E-state index in [1.54, 1.807) is 4.68 Å². The largest absolute Gasteiger partial charge is 0.327 e. The Bertz CT molecular complexity index is 307. The van der Waals surface area contributed by atoms with Crippen LogP contribution < -0.4 is 5.73 Å². The number of aryl methyl sites for hydroxylation is 1. The number of aromatic nitrogens is 3. The van der Waals surface area contributed by atoms with Gasteiger partial charge in [-0.2, -0.15) is 0 Å². The van der Waals surface area contributed by atoms with Crippen LogP contribution in [0.1, 0.15) is 26.0 Å². The minimum Gasteiger partial charge on any atom is -0.327 e. The molecular formula is C11H23N5. The molecule has 5 heteroatoms. The molecule has 1 rings (SSSR count). The number of hydrogen-bond donors (Lipinski definition) is 1. The first kappa shape index (κ1) is 13.1. The highest BCUT2D eigenvalue weighted by atomic mass is 15.4. The fourth-order valence-corrected chi connectivity index (χ4v) is 1.53. The Hall–Kier alpha value is -0.940. The van der Waals surface area contributed by atoms with E-state index in [0.29, 0.717) is 5.92 Å². The fraction of sp³-hybridized carbons (Fsp3) is 0.818. The van der Waals surface area contributed by atoms with Gasteiger partial charge >= 0.3 is 0 Å². The van der Waals surface area contributed by atoms with Crippen molar-refractivity contribution < 1.29 is 0 Å². The van der Waals surface area contributed by atoms with Gasteiger partial charge in [-0.1, -0.05) is 19.1 Å². The van der Waals surface area contributed by atoms with Crippen LogP contribution >= 0.6 is 0 Å². The van der Waals surface area contributed by atoms with Crippen LogP contribution in [0.15, 0.2) is 6.20 Å². The molecule has 92 valence electrons. The van der Waals surface area contributed by atoms with Gasteiger partial charge in [-0.15, -0.1) is 5.10 Å². The normalized spacial score (nSPS) is 13.7. The van der Waals surface area contributed by atoms with E-state index >= 15 is 0 Å². The van der Waals surface area contributed by atoms with Gasteiger partial charge in [-0.05, 0) is 25.9 Å². The van der Waals surface area contributed by atoms with Crippen LogP contribution in [0.25, 0.3) is 0 Å². The molecule has 5 nitrogen and oxygen atoms in total. The molecule has 0 aliphatic carbocycles. The topological polar surface area (TPSA) is 60.0 Å². The van der Waals surface area contributed by atoms with E-state index in [1.807, 2.05) is 13.2 Å². The van der Waals surface area contributed by atoms with Gasteiger partial charge in [-0.25, -0.2) is 0 Å². The molecule has 0 aliphatic rings. The highest BCUT2D eigenvalue weighted by Crippen LogP contribution is 2.05. The molecule has 1 atom stereocenters. The fourth-order valence-electron chi connectivity index (χ4n) is 1.53.